The Hall–Kier alpha value is -2.50. The van der Waals surface area contributed by atoms with Crippen molar-refractivity contribution in [2.24, 2.45) is 0 Å². The first-order valence-corrected chi connectivity index (χ1v) is 10.3. The number of likely N-dealkylation sites (tertiary alicyclic amines) is 1. The third kappa shape index (κ3) is 3.36. The minimum Gasteiger partial charge on any atom is -0.342 e. The van der Waals surface area contributed by atoms with Crippen molar-refractivity contribution in [3.05, 3.63) is 65.5 Å². The molecule has 2 N–H and O–H groups in total. The highest BCUT2D eigenvalue weighted by atomic mass is 16.1. The molecule has 3 aromatic rings. The largest absolute Gasteiger partial charge is 0.342 e. The van der Waals surface area contributed by atoms with Crippen molar-refractivity contribution in [2.45, 2.75) is 37.8 Å². The number of nitrogens with one attached hydrogen (secondary N) is 2. The molecule has 2 aliphatic heterocycles. The molecule has 28 heavy (non-hydrogen) atoms. The Bertz CT molecular complexity index is 939. The number of imidazole rings is 1. The van der Waals surface area contributed by atoms with Gasteiger partial charge in [-0.3, -0.25) is 9.69 Å². The highest BCUT2D eigenvalue weighted by Crippen LogP contribution is 2.26. The van der Waals surface area contributed by atoms with Gasteiger partial charge in [-0.2, -0.15) is 0 Å². The molecule has 2 unspecified atom stereocenters. The molecule has 5 rings (SSSR count). The average molecular weight is 374 g/mol. The minimum absolute atomic E-state index is 0.0473. The molecule has 0 amide bonds. The zero-order valence-corrected chi connectivity index (χ0v) is 16.0. The summed E-state index contributed by atoms with van der Waals surface area (Å²) in [7, 11) is 0. The number of nitrogens with zero attached hydrogens (tertiary/aromatic N) is 2. The molecule has 5 nitrogen and oxygen atoms in total. The van der Waals surface area contributed by atoms with Crippen molar-refractivity contribution >= 4 is 16.8 Å². The van der Waals surface area contributed by atoms with Crippen molar-refractivity contribution in [1.29, 1.82) is 0 Å². The van der Waals surface area contributed by atoms with Gasteiger partial charge in [-0.05, 0) is 50.0 Å². The third-order valence-corrected chi connectivity index (χ3v) is 6.15. The number of benzene rings is 2. The van der Waals surface area contributed by atoms with E-state index < -0.39 is 0 Å². The van der Waals surface area contributed by atoms with Crippen LogP contribution in [0.5, 0.6) is 0 Å². The van der Waals surface area contributed by atoms with Gasteiger partial charge in [0, 0.05) is 24.6 Å². The van der Waals surface area contributed by atoms with Crippen LogP contribution in [0.1, 0.15) is 41.0 Å². The number of hydrogen-bond donors (Lipinski definition) is 2. The van der Waals surface area contributed by atoms with Gasteiger partial charge in [0.05, 0.1) is 17.1 Å². The summed E-state index contributed by atoms with van der Waals surface area (Å²) in [5.74, 6) is 1.23. The number of fused-ring (bicyclic) bond motifs is 1. The number of para-hydroxylation sites is 2. The maximum atomic E-state index is 13.1. The Labute approximate surface area is 165 Å². The maximum absolute atomic E-state index is 13.1. The van der Waals surface area contributed by atoms with Crippen molar-refractivity contribution in [3.8, 4) is 0 Å². The molecule has 5 heteroatoms. The second-order valence-electron chi connectivity index (χ2n) is 7.98. The fourth-order valence-electron chi connectivity index (χ4n) is 4.69. The summed E-state index contributed by atoms with van der Waals surface area (Å²) in [6, 6.07) is 16.8. The third-order valence-electron chi connectivity index (χ3n) is 6.15. The van der Waals surface area contributed by atoms with E-state index in [9.17, 15) is 4.79 Å². The van der Waals surface area contributed by atoms with E-state index in [1.807, 2.05) is 36.4 Å². The van der Waals surface area contributed by atoms with E-state index in [4.69, 9.17) is 0 Å². The zero-order chi connectivity index (χ0) is 18.9. The molecule has 0 spiro atoms. The van der Waals surface area contributed by atoms with Gasteiger partial charge in [0.2, 0.25) is 0 Å². The maximum Gasteiger partial charge on any atom is 0.179 e. The molecule has 2 aromatic carbocycles. The first-order valence-electron chi connectivity index (χ1n) is 10.3. The lowest BCUT2D eigenvalue weighted by Gasteiger charge is -2.29. The average Bonchev–Trinajstić information content (AvgIpc) is 3.46. The van der Waals surface area contributed by atoms with Gasteiger partial charge in [0.25, 0.3) is 0 Å². The van der Waals surface area contributed by atoms with Crippen LogP contribution in [0.2, 0.25) is 0 Å². The van der Waals surface area contributed by atoms with Gasteiger partial charge < -0.3 is 10.3 Å². The highest BCUT2D eigenvalue weighted by Gasteiger charge is 2.36. The van der Waals surface area contributed by atoms with Crippen LogP contribution in [0.25, 0.3) is 11.0 Å². The summed E-state index contributed by atoms with van der Waals surface area (Å²) in [4.78, 5) is 23.6. The van der Waals surface area contributed by atoms with Crippen LogP contribution < -0.4 is 5.32 Å². The second kappa shape index (κ2) is 7.49. The molecule has 3 heterocycles. The lowest BCUT2D eigenvalue weighted by molar-refractivity contribution is 0.0826. The summed E-state index contributed by atoms with van der Waals surface area (Å²) in [6.07, 6.45) is 4.00. The Balaban J connectivity index is 1.29. The van der Waals surface area contributed by atoms with Crippen molar-refractivity contribution in [2.75, 3.05) is 19.6 Å². The van der Waals surface area contributed by atoms with Gasteiger partial charge in [0.1, 0.15) is 5.82 Å². The number of H-pyrrole nitrogens is 1. The quantitative estimate of drug-likeness (QED) is 0.674. The van der Waals surface area contributed by atoms with E-state index in [1.165, 1.54) is 5.56 Å². The van der Waals surface area contributed by atoms with E-state index in [1.54, 1.807) is 0 Å². The van der Waals surface area contributed by atoms with Crippen LogP contribution in [0.4, 0.5) is 0 Å². The molecule has 2 saturated heterocycles. The lowest BCUT2D eigenvalue weighted by Crippen LogP contribution is -2.44. The van der Waals surface area contributed by atoms with E-state index >= 15 is 0 Å². The molecule has 2 fully saturated rings. The molecule has 0 aliphatic carbocycles. The van der Waals surface area contributed by atoms with Crippen LogP contribution >= 0.6 is 0 Å². The van der Waals surface area contributed by atoms with Gasteiger partial charge in [-0.1, -0.05) is 36.4 Å². The number of rotatable bonds is 5. The fourth-order valence-corrected chi connectivity index (χ4v) is 4.69. The second-order valence-corrected chi connectivity index (χ2v) is 7.98. The Morgan fingerprint density at radius 2 is 1.96 bits per heavy atom. The fraction of sp³-hybridized carbons (Fsp3) is 0.391. The van der Waals surface area contributed by atoms with E-state index in [0.29, 0.717) is 6.04 Å². The smallest absolute Gasteiger partial charge is 0.179 e. The van der Waals surface area contributed by atoms with Crippen LogP contribution in [-0.4, -0.2) is 52.4 Å². The predicted octanol–water partition coefficient (Wildman–Crippen LogP) is 3.16. The number of aromatic nitrogens is 2. The standard InChI is InChI=1S/C23H26N4O/c28-23(21-6-3-13-27(21)18-11-12-24-15-18)17-9-7-16(8-10-17)14-22-25-19-4-1-2-5-20(19)26-22/h1-2,4-5,7-10,18,21,24H,3,6,11-15H2,(H,25,26). The Kier molecular flexibility index (Phi) is 4.71. The van der Waals surface area contributed by atoms with Crippen LogP contribution in [-0.2, 0) is 6.42 Å². The van der Waals surface area contributed by atoms with Gasteiger partial charge >= 0.3 is 0 Å². The van der Waals surface area contributed by atoms with Crippen molar-refractivity contribution in [1.82, 2.24) is 20.2 Å². The minimum atomic E-state index is 0.0473. The molecular weight excluding hydrogens is 348 g/mol. The van der Waals surface area contributed by atoms with Gasteiger partial charge in [-0.25, -0.2) is 4.98 Å². The predicted molar refractivity (Wildman–Crippen MR) is 111 cm³/mol. The molecule has 1 aromatic heterocycles. The Morgan fingerprint density at radius 3 is 2.75 bits per heavy atom. The van der Waals surface area contributed by atoms with Crippen LogP contribution in [0, 0.1) is 0 Å². The van der Waals surface area contributed by atoms with Gasteiger partial charge in [0.15, 0.2) is 5.78 Å². The SMILES string of the molecule is O=C(c1ccc(Cc2nc3ccccc3[nH]2)cc1)C1CCCN1C1CCNC1. The molecule has 2 atom stereocenters. The summed E-state index contributed by atoms with van der Waals surface area (Å²) in [5.41, 5.74) is 4.05. The summed E-state index contributed by atoms with van der Waals surface area (Å²) in [5, 5.41) is 3.43. The summed E-state index contributed by atoms with van der Waals surface area (Å²) >= 11 is 0. The van der Waals surface area contributed by atoms with Crippen molar-refractivity contribution < 1.29 is 4.79 Å². The topological polar surface area (TPSA) is 61.0 Å². The first kappa shape index (κ1) is 17.6. The molecule has 0 bridgehead atoms. The number of aromatic amines is 1. The van der Waals surface area contributed by atoms with Crippen LogP contribution in [0.3, 0.4) is 0 Å². The van der Waals surface area contributed by atoms with Crippen LogP contribution in [0.15, 0.2) is 48.5 Å². The number of Topliss-reactive ketones (excluding diaryl/α,β-unsaturated/α-hetero) is 1. The molecule has 144 valence electrons. The highest BCUT2D eigenvalue weighted by molar-refractivity contribution is 6.00. The summed E-state index contributed by atoms with van der Waals surface area (Å²) < 4.78 is 0. The lowest BCUT2D eigenvalue weighted by atomic mass is 9.99. The Morgan fingerprint density at radius 1 is 1.11 bits per heavy atom. The zero-order valence-electron chi connectivity index (χ0n) is 16.0. The number of carbonyl (C=O) groups is 1. The number of hydrogen-bond acceptors (Lipinski definition) is 4. The summed E-state index contributed by atoms with van der Waals surface area (Å²) in [6.45, 7) is 3.13. The van der Waals surface area contributed by atoms with Gasteiger partial charge in [-0.15, -0.1) is 0 Å². The monoisotopic (exact) mass is 374 g/mol. The molecule has 2 aliphatic rings. The molecule has 0 radical (unpaired) electrons. The number of carbonyl (C=O) groups excluding carboxylic acids is 1. The normalized spacial score (nSPS) is 22.9. The van der Waals surface area contributed by atoms with Crippen molar-refractivity contribution in [3.63, 3.8) is 0 Å². The molecule has 0 saturated carbocycles. The molecular formula is C23H26N4O. The number of ketones is 1. The van der Waals surface area contributed by atoms with E-state index in [0.717, 1.165) is 67.7 Å². The van der Waals surface area contributed by atoms with E-state index in [-0.39, 0.29) is 11.8 Å². The first-order chi connectivity index (χ1) is 13.8. The van der Waals surface area contributed by atoms with E-state index in [2.05, 4.69) is 32.3 Å².